The Labute approximate surface area is 151 Å². The van der Waals surface area contributed by atoms with Gasteiger partial charge in [0, 0.05) is 18.3 Å². The number of aryl methyl sites for hydroxylation is 1. The lowest BCUT2D eigenvalue weighted by atomic mass is 10.4. The van der Waals surface area contributed by atoms with Gasteiger partial charge in [0.1, 0.15) is 6.35 Å². The normalized spacial score (nSPS) is 16.9. The number of H-pyrrole nitrogens is 1. The van der Waals surface area contributed by atoms with E-state index in [9.17, 15) is 28.2 Å². The molecule has 0 spiro atoms. The molecule has 14 nitrogen and oxygen atoms in total. The summed E-state index contributed by atoms with van der Waals surface area (Å²) in [6.45, 7) is 1.31. The maximum Gasteiger partial charge on any atom is 0.488 e. The van der Waals surface area contributed by atoms with E-state index in [1.165, 1.54) is 29.8 Å². The van der Waals surface area contributed by atoms with Gasteiger partial charge in [-0.25, -0.2) is 18.2 Å². The van der Waals surface area contributed by atoms with Gasteiger partial charge in [0.05, 0.1) is 6.61 Å². The molecule has 0 aliphatic heterocycles. The molecule has 0 saturated carbocycles. The average molecular weight is 450 g/mol. The molecule has 0 aliphatic carbocycles. The minimum Gasteiger partial charge on any atom is -0.365 e. The number of hydrogen-bond acceptors (Lipinski definition) is 8. The SMILES string of the molecule is Cc1cn(C/C=C\COCP(=O)(O)OP(=O)(O)OP(=O)(O)O)c(=O)[nH]c1=O. The van der Waals surface area contributed by atoms with Crippen LogP contribution in [-0.4, -0.2) is 42.1 Å². The van der Waals surface area contributed by atoms with Crippen molar-refractivity contribution in [1.82, 2.24) is 9.55 Å². The summed E-state index contributed by atoms with van der Waals surface area (Å²) in [5.41, 5.74) is -0.817. The Morgan fingerprint density at radius 3 is 2.33 bits per heavy atom. The first kappa shape index (κ1) is 23.9. The average Bonchev–Trinajstić information content (AvgIpc) is 2.43. The van der Waals surface area contributed by atoms with Gasteiger partial charge in [-0.15, -0.1) is 0 Å². The van der Waals surface area contributed by atoms with Gasteiger partial charge >= 0.3 is 28.9 Å². The van der Waals surface area contributed by atoms with Crippen LogP contribution in [0.5, 0.6) is 0 Å². The van der Waals surface area contributed by atoms with Crippen LogP contribution in [0, 0.1) is 6.92 Å². The van der Waals surface area contributed by atoms with E-state index in [4.69, 9.17) is 19.4 Å². The van der Waals surface area contributed by atoms with Crippen LogP contribution in [0.4, 0.5) is 0 Å². The molecule has 0 radical (unpaired) electrons. The molecule has 5 N–H and O–H groups in total. The number of ether oxygens (including phenoxy) is 1. The summed E-state index contributed by atoms with van der Waals surface area (Å²) < 4.78 is 46.3. The lowest BCUT2D eigenvalue weighted by molar-refractivity contribution is 0.175. The first-order chi connectivity index (χ1) is 12.2. The Balaban J connectivity index is 2.50. The zero-order valence-corrected chi connectivity index (χ0v) is 16.4. The van der Waals surface area contributed by atoms with Gasteiger partial charge in [-0.2, -0.15) is 4.31 Å². The van der Waals surface area contributed by atoms with E-state index in [0.717, 1.165) is 0 Å². The summed E-state index contributed by atoms with van der Waals surface area (Å²) in [5, 5.41) is 0. The first-order valence-electron chi connectivity index (χ1n) is 6.87. The summed E-state index contributed by atoms with van der Waals surface area (Å²) in [6, 6.07) is 0. The molecule has 1 aromatic rings. The first-order valence-corrected chi connectivity index (χ1v) is 11.7. The summed E-state index contributed by atoms with van der Waals surface area (Å²) in [4.78, 5) is 59.9. The van der Waals surface area contributed by atoms with E-state index in [1.54, 1.807) is 0 Å². The molecule has 2 atom stereocenters. The van der Waals surface area contributed by atoms with E-state index < -0.39 is 40.8 Å². The minimum absolute atomic E-state index is 0.0645. The highest BCUT2D eigenvalue weighted by Crippen LogP contribution is 2.65. The second-order valence-corrected chi connectivity index (χ2v) is 9.71. The zero-order valence-electron chi connectivity index (χ0n) is 13.7. The molecule has 154 valence electrons. The fourth-order valence-electron chi connectivity index (χ4n) is 1.58. The van der Waals surface area contributed by atoms with Gasteiger partial charge in [0.25, 0.3) is 5.56 Å². The maximum atomic E-state index is 11.5. The van der Waals surface area contributed by atoms with Gasteiger partial charge in [-0.3, -0.25) is 18.9 Å². The van der Waals surface area contributed by atoms with Crippen molar-refractivity contribution < 1.29 is 46.6 Å². The molecule has 0 bridgehead atoms. The molecule has 1 rings (SSSR count). The molecule has 1 heterocycles. The molecule has 2 unspecified atom stereocenters. The quantitative estimate of drug-likeness (QED) is 0.178. The lowest BCUT2D eigenvalue weighted by Gasteiger charge is -2.16. The Hall–Kier alpha value is -1.17. The summed E-state index contributed by atoms with van der Waals surface area (Å²) in [6.07, 6.45) is 3.04. The van der Waals surface area contributed by atoms with Crippen molar-refractivity contribution in [2.45, 2.75) is 13.5 Å². The molecular weight excluding hydrogens is 433 g/mol. The summed E-state index contributed by atoms with van der Waals surface area (Å²) in [7, 11) is -15.8. The number of hydrogen-bond donors (Lipinski definition) is 5. The zero-order chi connectivity index (χ0) is 20.9. The number of allylic oxidation sites excluding steroid dienone is 1. The number of phosphoric acid groups is 2. The van der Waals surface area contributed by atoms with Crippen molar-refractivity contribution in [3.05, 3.63) is 44.8 Å². The van der Waals surface area contributed by atoms with Crippen LogP contribution in [-0.2, 0) is 33.6 Å². The number of nitrogens with one attached hydrogen (secondary N) is 1. The van der Waals surface area contributed by atoms with Crippen LogP contribution in [0.1, 0.15) is 5.56 Å². The van der Waals surface area contributed by atoms with Gasteiger partial charge in [-0.05, 0) is 6.92 Å². The van der Waals surface area contributed by atoms with E-state index in [1.807, 2.05) is 0 Å². The van der Waals surface area contributed by atoms with Crippen molar-refractivity contribution in [2.75, 3.05) is 13.0 Å². The third-order valence-electron chi connectivity index (χ3n) is 2.57. The lowest BCUT2D eigenvalue weighted by Crippen LogP contribution is -2.30. The predicted octanol–water partition coefficient (Wildman–Crippen LogP) is -0.213. The Bertz CT molecular complexity index is 943. The monoisotopic (exact) mass is 450 g/mol. The van der Waals surface area contributed by atoms with Crippen LogP contribution >= 0.6 is 23.2 Å². The van der Waals surface area contributed by atoms with Crippen molar-refractivity contribution in [1.29, 1.82) is 0 Å². The third kappa shape index (κ3) is 9.54. The minimum atomic E-state index is -5.49. The van der Waals surface area contributed by atoms with Crippen LogP contribution in [0.2, 0.25) is 0 Å². The molecule has 0 aromatic carbocycles. The van der Waals surface area contributed by atoms with Crippen molar-refractivity contribution >= 4 is 23.2 Å². The molecular formula is C10H17N2O12P3. The van der Waals surface area contributed by atoms with E-state index in [0.29, 0.717) is 5.56 Å². The van der Waals surface area contributed by atoms with Crippen molar-refractivity contribution in [3.63, 3.8) is 0 Å². The fraction of sp³-hybridized carbons (Fsp3) is 0.400. The third-order valence-corrected chi connectivity index (χ3v) is 6.60. The number of aromatic amines is 1. The molecule has 27 heavy (non-hydrogen) atoms. The largest absolute Gasteiger partial charge is 0.488 e. The predicted molar refractivity (Wildman–Crippen MR) is 89.9 cm³/mol. The number of aromatic nitrogens is 2. The second kappa shape index (κ2) is 9.35. The molecule has 17 heteroatoms. The standard InChI is InChI=1S/C10H17N2O12P3/c1-8-6-12(10(14)11-9(8)13)4-2-3-5-22-7-25(15,16)23-27(20,21)24-26(17,18)19/h2-3,6H,4-5,7H2,1H3,(H,15,16)(H,20,21)(H,11,13,14)(H2,17,18,19)/b3-2-. The Morgan fingerprint density at radius 1 is 1.11 bits per heavy atom. The highest BCUT2D eigenvalue weighted by Gasteiger charge is 2.39. The van der Waals surface area contributed by atoms with Gasteiger partial charge in [0.15, 0.2) is 0 Å². The van der Waals surface area contributed by atoms with Crippen LogP contribution in [0.3, 0.4) is 0 Å². The highest BCUT2D eigenvalue weighted by atomic mass is 31.3. The van der Waals surface area contributed by atoms with E-state index >= 15 is 0 Å². The van der Waals surface area contributed by atoms with E-state index in [-0.39, 0.29) is 13.2 Å². The number of rotatable bonds is 10. The molecule has 0 aliphatic rings. The van der Waals surface area contributed by atoms with Crippen LogP contribution in [0.25, 0.3) is 0 Å². The molecule has 0 amide bonds. The van der Waals surface area contributed by atoms with Crippen LogP contribution in [0.15, 0.2) is 27.9 Å². The molecule has 0 saturated heterocycles. The maximum absolute atomic E-state index is 11.5. The number of nitrogens with zero attached hydrogens (tertiary/aromatic N) is 1. The topological polar surface area (TPSA) is 215 Å². The molecule has 1 aromatic heterocycles. The summed E-state index contributed by atoms with van der Waals surface area (Å²) >= 11 is 0. The van der Waals surface area contributed by atoms with Gasteiger partial charge in [0.2, 0.25) is 0 Å². The van der Waals surface area contributed by atoms with Gasteiger partial charge in [-0.1, -0.05) is 12.2 Å². The van der Waals surface area contributed by atoms with Crippen LogP contribution < -0.4 is 11.2 Å². The van der Waals surface area contributed by atoms with Crippen molar-refractivity contribution in [3.8, 4) is 0 Å². The van der Waals surface area contributed by atoms with E-state index in [2.05, 4.69) is 13.6 Å². The fourth-order valence-corrected chi connectivity index (χ4v) is 4.86. The Morgan fingerprint density at radius 2 is 1.74 bits per heavy atom. The summed E-state index contributed by atoms with van der Waals surface area (Å²) in [5.74, 6) is 0. The van der Waals surface area contributed by atoms with Gasteiger partial charge < -0.3 is 24.3 Å². The smallest absolute Gasteiger partial charge is 0.365 e. The van der Waals surface area contributed by atoms with Crippen molar-refractivity contribution in [2.24, 2.45) is 0 Å². The molecule has 0 fully saturated rings. The Kier molecular flexibility index (Phi) is 8.27. The highest BCUT2D eigenvalue weighted by molar-refractivity contribution is 7.68. The second-order valence-electron chi connectivity index (χ2n) is 4.95.